The number of nitrogens with one attached hydrogen (secondary N) is 1. The minimum atomic E-state index is -0.427. The Morgan fingerprint density at radius 3 is 2.63 bits per heavy atom. The molecule has 2 aromatic rings. The smallest absolute Gasteiger partial charge is 0.310 e. The number of aryl methyl sites for hydroxylation is 2. The van der Waals surface area contributed by atoms with E-state index >= 15 is 0 Å². The fraction of sp³-hybridized carbons (Fsp3) is 0.333. The van der Waals surface area contributed by atoms with Gasteiger partial charge in [0.1, 0.15) is 0 Å². The van der Waals surface area contributed by atoms with Crippen LogP contribution < -0.4 is 14.8 Å². The van der Waals surface area contributed by atoms with Gasteiger partial charge in [-0.05, 0) is 55.2 Å². The Hall–Kier alpha value is -3.02. The molecule has 6 heteroatoms. The Morgan fingerprint density at radius 1 is 1.07 bits per heavy atom. The van der Waals surface area contributed by atoms with Gasteiger partial charge in [0.2, 0.25) is 6.79 Å². The first-order chi connectivity index (χ1) is 12.9. The standard InChI is InChI=1S/C21H23NO5/c1-13-4-5-16(8-14(13)2)9-21(24)25-11-20(23)22-15(3)17-6-7-18-19(10-17)27-12-26-18/h4-8,10,15H,9,11-12H2,1-3H3,(H,22,23)/t15-/m1/s1. The highest BCUT2D eigenvalue weighted by Crippen LogP contribution is 2.34. The van der Waals surface area contributed by atoms with Crippen LogP contribution in [0.3, 0.4) is 0 Å². The largest absolute Gasteiger partial charge is 0.455 e. The lowest BCUT2D eigenvalue weighted by atomic mass is 10.0. The molecule has 27 heavy (non-hydrogen) atoms. The van der Waals surface area contributed by atoms with Gasteiger partial charge in [-0.15, -0.1) is 0 Å². The second-order valence-electron chi connectivity index (χ2n) is 6.66. The van der Waals surface area contributed by atoms with Gasteiger partial charge < -0.3 is 19.5 Å². The Balaban J connectivity index is 1.47. The lowest BCUT2D eigenvalue weighted by Gasteiger charge is -2.15. The van der Waals surface area contributed by atoms with E-state index in [0.29, 0.717) is 11.5 Å². The second kappa shape index (κ2) is 8.12. The van der Waals surface area contributed by atoms with E-state index in [-0.39, 0.29) is 31.8 Å². The van der Waals surface area contributed by atoms with E-state index in [1.807, 2.05) is 57.2 Å². The summed E-state index contributed by atoms with van der Waals surface area (Å²) in [6.07, 6.45) is 0.145. The maximum Gasteiger partial charge on any atom is 0.310 e. The van der Waals surface area contributed by atoms with Crippen LogP contribution >= 0.6 is 0 Å². The normalized spacial score (nSPS) is 13.1. The zero-order valence-electron chi connectivity index (χ0n) is 15.7. The fourth-order valence-corrected chi connectivity index (χ4v) is 2.83. The van der Waals surface area contributed by atoms with Crippen molar-refractivity contribution in [2.45, 2.75) is 33.2 Å². The van der Waals surface area contributed by atoms with E-state index in [9.17, 15) is 9.59 Å². The molecular weight excluding hydrogens is 346 g/mol. The summed E-state index contributed by atoms with van der Waals surface area (Å²) in [5, 5.41) is 2.81. The molecule has 2 aromatic carbocycles. The van der Waals surface area contributed by atoms with Crippen molar-refractivity contribution < 1.29 is 23.8 Å². The lowest BCUT2D eigenvalue weighted by molar-refractivity contribution is -0.148. The van der Waals surface area contributed by atoms with Crippen molar-refractivity contribution >= 4 is 11.9 Å². The zero-order chi connectivity index (χ0) is 19.4. The van der Waals surface area contributed by atoms with Gasteiger partial charge in [-0.1, -0.05) is 24.3 Å². The Labute approximate surface area is 158 Å². The van der Waals surface area contributed by atoms with Crippen molar-refractivity contribution in [3.63, 3.8) is 0 Å². The molecular formula is C21H23NO5. The first-order valence-electron chi connectivity index (χ1n) is 8.83. The summed E-state index contributed by atoms with van der Waals surface area (Å²) in [5.74, 6) is 0.573. The van der Waals surface area contributed by atoms with Gasteiger partial charge in [-0.3, -0.25) is 9.59 Å². The molecule has 0 saturated carbocycles. The minimum Gasteiger partial charge on any atom is -0.455 e. The molecule has 0 unspecified atom stereocenters. The first-order valence-corrected chi connectivity index (χ1v) is 8.83. The highest BCUT2D eigenvalue weighted by molar-refractivity contribution is 5.81. The summed E-state index contributed by atoms with van der Waals surface area (Å²) in [5.41, 5.74) is 4.05. The van der Waals surface area contributed by atoms with Crippen LogP contribution in [0.4, 0.5) is 0 Å². The molecule has 1 N–H and O–H groups in total. The molecule has 0 aliphatic carbocycles. The quantitative estimate of drug-likeness (QED) is 0.793. The second-order valence-corrected chi connectivity index (χ2v) is 6.66. The van der Waals surface area contributed by atoms with Gasteiger partial charge >= 0.3 is 5.97 Å². The van der Waals surface area contributed by atoms with Crippen molar-refractivity contribution in [2.24, 2.45) is 0 Å². The molecule has 0 radical (unpaired) electrons. The van der Waals surface area contributed by atoms with Crippen molar-refractivity contribution in [1.29, 1.82) is 0 Å². The number of fused-ring (bicyclic) bond motifs is 1. The van der Waals surface area contributed by atoms with E-state index in [1.165, 1.54) is 5.56 Å². The van der Waals surface area contributed by atoms with E-state index < -0.39 is 5.97 Å². The number of hydrogen-bond acceptors (Lipinski definition) is 5. The number of esters is 1. The van der Waals surface area contributed by atoms with Crippen molar-refractivity contribution in [3.8, 4) is 11.5 Å². The van der Waals surface area contributed by atoms with Crippen LogP contribution in [0, 0.1) is 13.8 Å². The average Bonchev–Trinajstić information content (AvgIpc) is 3.11. The minimum absolute atomic E-state index is 0.145. The van der Waals surface area contributed by atoms with Gasteiger partial charge in [0.15, 0.2) is 18.1 Å². The maximum absolute atomic E-state index is 12.1. The van der Waals surface area contributed by atoms with Crippen LogP contribution in [0.1, 0.15) is 35.2 Å². The van der Waals surface area contributed by atoms with Crippen LogP contribution in [0.5, 0.6) is 11.5 Å². The first kappa shape index (κ1) is 18.8. The van der Waals surface area contributed by atoms with Gasteiger partial charge in [0, 0.05) is 0 Å². The van der Waals surface area contributed by atoms with Crippen LogP contribution in [0.2, 0.25) is 0 Å². The lowest BCUT2D eigenvalue weighted by Crippen LogP contribution is -2.31. The molecule has 3 rings (SSSR count). The monoisotopic (exact) mass is 369 g/mol. The molecule has 0 fully saturated rings. The third kappa shape index (κ3) is 4.78. The Bertz CT molecular complexity index is 862. The van der Waals surface area contributed by atoms with Gasteiger partial charge in [0.25, 0.3) is 5.91 Å². The van der Waals surface area contributed by atoms with Crippen molar-refractivity contribution in [2.75, 3.05) is 13.4 Å². The number of carbonyl (C=O) groups is 2. The van der Waals surface area contributed by atoms with E-state index in [4.69, 9.17) is 14.2 Å². The molecule has 1 aliphatic heterocycles. The topological polar surface area (TPSA) is 73.9 Å². The summed E-state index contributed by atoms with van der Waals surface area (Å²) >= 11 is 0. The predicted molar refractivity (Wildman–Crippen MR) is 99.7 cm³/mol. The van der Waals surface area contributed by atoms with E-state index in [0.717, 1.165) is 16.7 Å². The Kier molecular flexibility index (Phi) is 5.64. The third-order valence-corrected chi connectivity index (χ3v) is 4.56. The Morgan fingerprint density at radius 2 is 1.85 bits per heavy atom. The number of ether oxygens (including phenoxy) is 3. The number of amides is 1. The SMILES string of the molecule is Cc1ccc(CC(=O)OCC(=O)N[C@H](C)c2ccc3c(c2)OCO3)cc1C. The van der Waals surface area contributed by atoms with Gasteiger partial charge in [0.05, 0.1) is 12.5 Å². The summed E-state index contributed by atoms with van der Waals surface area (Å²) in [4.78, 5) is 24.0. The number of carbonyl (C=O) groups excluding carboxylic acids is 2. The van der Waals surface area contributed by atoms with Crippen LogP contribution in [-0.4, -0.2) is 25.3 Å². The summed E-state index contributed by atoms with van der Waals surface area (Å²) in [6, 6.07) is 11.1. The molecule has 0 saturated heterocycles. The van der Waals surface area contributed by atoms with Gasteiger partial charge in [-0.2, -0.15) is 0 Å². The molecule has 1 heterocycles. The number of rotatable bonds is 6. The highest BCUT2D eigenvalue weighted by Gasteiger charge is 2.17. The van der Waals surface area contributed by atoms with Crippen molar-refractivity contribution in [1.82, 2.24) is 5.32 Å². The zero-order valence-corrected chi connectivity index (χ0v) is 15.7. The molecule has 1 amide bonds. The van der Waals surface area contributed by atoms with Crippen molar-refractivity contribution in [3.05, 3.63) is 58.7 Å². The van der Waals surface area contributed by atoms with Crippen LogP contribution in [0.25, 0.3) is 0 Å². The van der Waals surface area contributed by atoms with Gasteiger partial charge in [-0.25, -0.2) is 0 Å². The summed E-state index contributed by atoms with van der Waals surface area (Å²) < 4.78 is 15.7. The van der Waals surface area contributed by atoms with E-state index in [1.54, 1.807) is 0 Å². The molecule has 142 valence electrons. The molecule has 1 atom stereocenters. The summed E-state index contributed by atoms with van der Waals surface area (Å²) in [7, 11) is 0. The maximum atomic E-state index is 12.1. The van der Waals surface area contributed by atoms with E-state index in [2.05, 4.69) is 5.32 Å². The average molecular weight is 369 g/mol. The highest BCUT2D eigenvalue weighted by atomic mass is 16.7. The number of hydrogen-bond donors (Lipinski definition) is 1. The molecule has 6 nitrogen and oxygen atoms in total. The third-order valence-electron chi connectivity index (χ3n) is 4.56. The predicted octanol–water partition coefficient (Wildman–Crippen LogP) is 3.00. The molecule has 0 bridgehead atoms. The number of benzene rings is 2. The molecule has 0 spiro atoms. The van der Waals surface area contributed by atoms with Crippen LogP contribution in [-0.2, 0) is 20.7 Å². The molecule has 0 aromatic heterocycles. The molecule has 1 aliphatic rings. The fourth-order valence-electron chi connectivity index (χ4n) is 2.83. The van der Waals surface area contributed by atoms with Crippen LogP contribution in [0.15, 0.2) is 36.4 Å². The summed E-state index contributed by atoms with van der Waals surface area (Å²) in [6.45, 7) is 5.76.